The van der Waals surface area contributed by atoms with Gasteiger partial charge in [0.2, 0.25) is 0 Å². The van der Waals surface area contributed by atoms with Gasteiger partial charge in [0.05, 0.1) is 0 Å². The predicted molar refractivity (Wildman–Crippen MR) is 121 cm³/mol. The quantitative estimate of drug-likeness (QED) is 0.0731. The first-order chi connectivity index (χ1) is 14.7. The van der Waals surface area contributed by atoms with Gasteiger partial charge in [0.25, 0.3) is 0 Å². The molecule has 13 nitrogen and oxygen atoms in total. The molecule has 0 spiro atoms. The molecular weight excluding hydrogens is 404 g/mol. The molecule has 0 rings (SSSR count). The van der Waals surface area contributed by atoms with Crippen LogP contribution in [0.25, 0.3) is 0 Å². The van der Waals surface area contributed by atoms with Crippen molar-refractivity contribution < 1.29 is 15.3 Å². The Balaban J connectivity index is 5.21. The van der Waals surface area contributed by atoms with Crippen LogP contribution in [-0.2, 0) is 0 Å². The lowest BCUT2D eigenvalue weighted by Gasteiger charge is -2.25. The zero-order chi connectivity index (χ0) is 23.6. The van der Waals surface area contributed by atoms with Gasteiger partial charge >= 0.3 is 0 Å². The highest BCUT2D eigenvalue weighted by atomic mass is 16.3. The van der Waals surface area contributed by atoms with Crippen LogP contribution in [0.15, 0.2) is 35.7 Å². The Morgan fingerprint density at radius 1 is 0.548 bits per heavy atom. The third-order valence-corrected chi connectivity index (χ3v) is 3.94. The molecule has 31 heavy (non-hydrogen) atoms. The lowest BCUT2D eigenvalue weighted by atomic mass is 10.3. The highest BCUT2D eigenvalue weighted by molar-refractivity contribution is 5.07. The summed E-state index contributed by atoms with van der Waals surface area (Å²) in [6.45, 7) is 2.44. The molecule has 0 amide bonds. The number of hydrogen-bond donors (Lipinski definition) is 9. The lowest BCUT2D eigenvalue weighted by Crippen LogP contribution is -2.38. The number of hydrogen-bond acceptors (Lipinski definition) is 13. The van der Waals surface area contributed by atoms with Crippen LogP contribution in [0.3, 0.4) is 0 Å². The second kappa shape index (κ2) is 17.4. The number of aliphatic hydroxyl groups is 3. The van der Waals surface area contributed by atoms with Gasteiger partial charge in [-0.05, 0) is 19.3 Å². The summed E-state index contributed by atoms with van der Waals surface area (Å²) in [7, 11) is 0. The summed E-state index contributed by atoms with van der Waals surface area (Å²) in [5.41, 5.74) is 19.8. The summed E-state index contributed by atoms with van der Waals surface area (Å²) in [5.74, 6) is 17.6. The van der Waals surface area contributed by atoms with Crippen molar-refractivity contribution in [2.24, 2.45) is 34.7 Å². The van der Waals surface area contributed by atoms with Gasteiger partial charge in [0.1, 0.15) is 0 Å². The lowest BCUT2D eigenvalue weighted by molar-refractivity contribution is 0.257. The van der Waals surface area contributed by atoms with E-state index in [0.29, 0.717) is 75.6 Å². The second-order valence-electron chi connectivity index (χ2n) is 7.20. The molecular formula is C18H42N10O3. The SMILES string of the molecule is N/C(=C\N(N)CCCO)CN(C/C(N)=C/N(N)CCCO)C/C(N)=C/N(N)CCCO. The first-order valence-electron chi connectivity index (χ1n) is 10.2. The van der Waals surface area contributed by atoms with E-state index in [1.165, 1.54) is 15.0 Å². The number of nitrogens with two attached hydrogens (primary N) is 6. The predicted octanol–water partition coefficient (Wildman–Crippen LogP) is -3.64. The average molecular weight is 447 g/mol. The molecule has 0 saturated carbocycles. The fraction of sp³-hybridized carbons (Fsp3) is 0.667. The first kappa shape index (κ1) is 28.7. The highest BCUT2D eigenvalue weighted by Crippen LogP contribution is 2.03. The maximum Gasteiger partial charge on any atom is 0.0448 e. The van der Waals surface area contributed by atoms with Gasteiger partial charge in [-0.2, -0.15) is 0 Å². The van der Waals surface area contributed by atoms with Gasteiger partial charge in [0.15, 0.2) is 0 Å². The monoisotopic (exact) mass is 446 g/mol. The minimum Gasteiger partial charge on any atom is -0.400 e. The Labute approximate surface area is 184 Å². The molecule has 0 heterocycles. The Hall–Kier alpha value is -2.26. The molecule has 0 aromatic carbocycles. The molecule has 182 valence electrons. The molecule has 0 aromatic rings. The van der Waals surface area contributed by atoms with Crippen molar-refractivity contribution in [3.05, 3.63) is 35.7 Å². The van der Waals surface area contributed by atoms with Gasteiger partial charge < -0.3 is 47.5 Å². The van der Waals surface area contributed by atoms with Crippen LogP contribution in [0, 0.1) is 0 Å². The van der Waals surface area contributed by atoms with Crippen LogP contribution in [0.1, 0.15) is 19.3 Å². The molecule has 0 aromatic heterocycles. The van der Waals surface area contributed by atoms with E-state index in [2.05, 4.69) is 0 Å². The minimum atomic E-state index is 0.0357. The molecule has 13 heteroatoms. The molecule has 0 radical (unpaired) electrons. The zero-order valence-electron chi connectivity index (χ0n) is 18.3. The van der Waals surface area contributed by atoms with Gasteiger partial charge in [-0.15, -0.1) is 0 Å². The van der Waals surface area contributed by atoms with Crippen molar-refractivity contribution in [2.45, 2.75) is 19.3 Å². The van der Waals surface area contributed by atoms with E-state index < -0.39 is 0 Å². The summed E-state index contributed by atoms with van der Waals surface area (Å²) in [5, 5.41) is 31.0. The van der Waals surface area contributed by atoms with Crippen LogP contribution in [0.2, 0.25) is 0 Å². The van der Waals surface area contributed by atoms with Crippen molar-refractivity contribution in [1.82, 2.24) is 19.9 Å². The highest BCUT2D eigenvalue weighted by Gasteiger charge is 2.11. The number of rotatable bonds is 18. The summed E-state index contributed by atoms with van der Waals surface area (Å²) >= 11 is 0. The van der Waals surface area contributed by atoms with E-state index in [9.17, 15) is 0 Å². The molecule has 0 atom stereocenters. The van der Waals surface area contributed by atoms with Crippen molar-refractivity contribution in [2.75, 3.05) is 59.1 Å². The molecule has 0 bridgehead atoms. The van der Waals surface area contributed by atoms with E-state index in [1.54, 1.807) is 18.6 Å². The third-order valence-electron chi connectivity index (χ3n) is 3.94. The molecule has 0 unspecified atom stereocenters. The average Bonchev–Trinajstić information content (AvgIpc) is 2.68. The largest absolute Gasteiger partial charge is 0.400 e. The normalized spacial score (nSPS) is 13.1. The van der Waals surface area contributed by atoms with Crippen LogP contribution in [0.4, 0.5) is 0 Å². The molecule has 0 saturated heterocycles. The third kappa shape index (κ3) is 16.1. The van der Waals surface area contributed by atoms with Crippen molar-refractivity contribution in [3.63, 3.8) is 0 Å². The second-order valence-corrected chi connectivity index (χ2v) is 7.20. The number of aliphatic hydroxyl groups excluding tert-OH is 3. The molecule has 0 aliphatic heterocycles. The summed E-state index contributed by atoms with van der Waals surface area (Å²) in [6.07, 6.45) is 6.35. The number of nitrogens with zero attached hydrogens (tertiary/aromatic N) is 4. The van der Waals surface area contributed by atoms with Crippen LogP contribution in [-0.4, -0.2) is 94.3 Å². The smallest absolute Gasteiger partial charge is 0.0448 e. The Bertz CT molecular complexity index is 483. The molecule has 0 aliphatic carbocycles. The number of hydrazine groups is 3. The van der Waals surface area contributed by atoms with Crippen molar-refractivity contribution >= 4 is 0 Å². The van der Waals surface area contributed by atoms with Gasteiger partial charge in [-0.3, -0.25) is 4.90 Å². The summed E-state index contributed by atoms with van der Waals surface area (Å²) < 4.78 is 0. The summed E-state index contributed by atoms with van der Waals surface area (Å²) in [6, 6.07) is 0. The van der Waals surface area contributed by atoms with Crippen LogP contribution in [0.5, 0.6) is 0 Å². The van der Waals surface area contributed by atoms with Gasteiger partial charge in [-0.1, -0.05) is 0 Å². The first-order valence-corrected chi connectivity index (χ1v) is 10.2. The maximum absolute atomic E-state index is 8.91. The zero-order valence-corrected chi connectivity index (χ0v) is 18.3. The van der Waals surface area contributed by atoms with Gasteiger partial charge in [-0.25, -0.2) is 17.5 Å². The van der Waals surface area contributed by atoms with E-state index in [4.69, 9.17) is 50.0 Å². The molecule has 0 aliphatic rings. The van der Waals surface area contributed by atoms with Crippen LogP contribution >= 0.6 is 0 Å². The van der Waals surface area contributed by atoms with E-state index in [1.807, 2.05) is 4.90 Å². The van der Waals surface area contributed by atoms with Crippen LogP contribution < -0.4 is 34.7 Å². The van der Waals surface area contributed by atoms with E-state index in [-0.39, 0.29) is 19.8 Å². The maximum atomic E-state index is 8.91. The standard InChI is InChI=1S/C18H42N10O3/c19-16(13-26(22)4-1-7-29)10-25(11-17(20)14-27(23)5-2-8-30)12-18(21)15-28(24)6-3-9-31/h13-15,29-31H,1-12,19-24H2/b16-13-,17-14-,18-15-. The van der Waals surface area contributed by atoms with Gasteiger partial charge in [0, 0.05) is 94.8 Å². The Kier molecular flexibility index (Phi) is 16.2. The van der Waals surface area contributed by atoms with E-state index in [0.717, 1.165) is 0 Å². The Morgan fingerprint density at radius 3 is 1.03 bits per heavy atom. The summed E-state index contributed by atoms with van der Waals surface area (Å²) in [4.78, 5) is 1.89. The topological polar surface area (TPSA) is 230 Å². The fourth-order valence-corrected chi connectivity index (χ4v) is 2.66. The molecule has 15 N–H and O–H groups in total. The van der Waals surface area contributed by atoms with E-state index >= 15 is 0 Å². The van der Waals surface area contributed by atoms with Crippen molar-refractivity contribution in [1.29, 1.82) is 0 Å². The fourth-order valence-electron chi connectivity index (χ4n) is 2.66. The minimum absolute atomic E-state index is 0.0357. The Morgan fingerprint density at radius 2 is 0.806 bits per heavy atom. The molecule has 0 fully saturated rings. The van der Waals surface area contributed by atoms with Crippen molar-refractivity contribution in [3.8, 4) is 0 Å².